The van der Waals surface area contributed by atoms with E-state index < -0.39 is 11.7 Å². The number of halogens is 1. The van der Waals surface area contributed by atoms with Gasteiger partial charge in [0.05, 0.1) is 16.3 Å². The summed E-state index contributed by atoms with van der Waals surface area (Å²) >= 11 is 7.65. The first kappa shape index (κ1) is 11.5. The van der Waals surface area contributed by atoms with E-state index in [0.717, 1.165) is 4.90 Å². The van der Waals surface area contributed by atoms with Gasteiger partial charge in [0, 0.05) is 10.1 Å². The molecule has 0 saturated heterocycles. The van der Waals surface area contributed by atoms with Crippen LogP contribution in [0.25, 0.3) is 0 Å². The molecule has 0 bridgehead atoms. The summed E-state index contributed by atoms with van der Waals surface area (Å²) < 4.78 is 0. The Balaban J connectivity index is 2.44. The molecule has 1 heterocycles. The fourth-order valence-corrected chi connectivity index (χ4v) is 2.65. The Morgan fingerprint density at radius 2 is 2.00 bits per heavy atom. The van der Waals surface area contributed by atoms with E-state index in [4.69, 9.17) is 11.6 Å². The number of benzene rings is 1. The molecule has 0 radical (unpaired) electrons. The van der Waals surface area contributed by atoms with Gasteiger partial charge in [-0.3, -0.25) is 9.59 Å². The first-order valence-electron chi connectivity index (χ1n) is 4.85. The lowest BCUT2D eigenvalue weighted by Crippen LogP contribution is -2.12. The van der Waals surface area contributed by atoms with Crippen molar-refractivity contribution in [1.82, 2.24) is 0 Å². The summed E-state index contributed by atoms with van der Waals surface area (Å²) in [5.74, 6) is -1.10. The number of amides is 1. The van der Waals surface area contributed by atoms with Crippen LogP contribution in [0.4, 0.5) is 5.69 Å². The number of carbonyl (C=O) groups excluding carboxylic acids is 2. The Bertz CT molecular complexity index is 485. The number of nitrogens with one attached hydrogen (secondary N) is 1. The molecule has 0 atom stereocenters. The lowest BCUT2D eigenvalue weighted by Gasteiger charge is -2.08. The fourth-order valence-electron chi connectivity index (χ4n) is 1.49. The van der Waals surface area contributed by atoms with Crippen LogP contribution in [0.15, 0.2) is 17.0 Å². The number of rotatable bonds is 2. The van der Waals surface area contributed by atoms with Crippen molar-refractivity contribution >= 4 is 40.7 Å². The maximum Gasteiger partial charge on any atom is 0.296 e. The van der Waals surface area contributed by atoms with Crippen molar-refractivity contribution in [3.05, 3.63) is 22.7 Å². The molecule has 2 rings (SSSR count). The molecule has 16 heavy (non-hydrogen) atoms. The maximum absolute atomic E-state index is 11.4. The molecule has 0 saturated carbocycles. The molecule has 1 aliphatic heterocycles. The SMILES string of the molecule is CC(C)Sc1cc2c(cc1Cl)C(=O)C(=O)N2. The van der Waals surface area contributed by atoms with E-state index in [0.29, 0.717) is 21.5 Å². The van der Waals surface area contributed by atoms with Crippen LogP contribution >= 0.6 is 23.4 Å². The molecule has 0 unspecified atom stereocenters. The van der Waals surface area contributed by atoms with E-state index in [2.05, 4.69) is 19.2 Å². The predicted molar refractivity (Wildman–Crippen MR) is 65.4 cm³/mol. The largest absolute Gasteiger partial charge is 0.318 e. The number of hydrogen-bond donors (Lipinski definition) is 1. The maximum atomic E-state index is 11.4. The molecular formula is C11H10ClNO2S. The number of ketones is 1. The molecule has 0 aliphatic carbocycles. The number of fused-ring (bicyclic) bond motifs is 1. The van der Waals surface area contributed by atoms with Crippen LogP contribution in [0, 0.1) is 0 Å². The molecule has 1 amide bonds. The van der Waals surface area contributed by atoms with Gasteiger partial charge in [-0.25, -0.2) is 0 Å². The van der Waals surface area contributed by atoms with E-state index in [9.17, 15) is 9.59 Å². The zero-order valence-corrected chi connectivity index (χ0v) is 10.4. The van der Waals surface area contributed by atoms with Gasteiger partial charge in [-0.15, -0.1) is 11.8 Å². The molecule has 1 aliphatic rings. The molecule has 5 heteroatoms. The van der Waals surface area contributed by atoms with Crippen LogP contribution in [-0.4, -0.2) is 16.9 Å². The van der Waals surface area contributed by atoms with Gasteiger partial charge in [-0.1, -0.05) is 25.4 Å². The predicted octanol–water partition coefficient (Wildman–Crippen LogP) is 2.98. The number of Topliss-reactive ketones (excluding diaryl/α,β-unsaturated/α-hetero) is 1. The van der Waals surface area contributed by atoms with Gasteiger partial charge in [0.2, 0.25) is 0 Å². The van der Waals surface area contributed by atoms with Crippen LogP contribution in [0.2, 0.25) is 5.02 Å². The summed E-state index contributed by atoms with van der Waals surface area (Å²) in [6, 6.07) is 3.31. The van der Waals surface area contributed by atoms with Crippen LogP contribution in [0.3, 0.4) is 0 Å². The first-order chi connectivity index (χ1) is 7.49. The monoisotopic (exact) mass is 255 g/mol. The minimum atomic E-state index is -0.585. The second-order valence-corrected chi connectivity index (χ2v) is 5.80. The zero-order valence-electron chi connectivity index (χ0n) is 8.83. The molecule has 0 spiro atoms. The number of anilines is 1. The van der Waals surface area contributed by atoms with Crippen molar-refractivity contribution in [3.63, 3.8) is 0 Å². The smallest absolute Gasteiger partial charge is 0.296 e. The second kappa shape index (κ2) is 4.11. The quantitative estimate of drug-likeness (QED) is 0.653. The molecule has 0 aromatic heterocycles. The lowest BCUT2D eigenvalue weighted by molar-refractivity contribution is -0.112. The van der Waals surface area contributed by atoms with E-state index in [-0.39, 0.29) is 0 Å². The van der Waals surface area contributed by atoms with Crippen molar-refractivity contribution in [3.8, 4) is 0 Å². The fraction of sp³-hybridized carbons (Fsp3) is 0.273. The highest BCUT2D eigenvalue weighted by Crippen LogP contribution is 2.36. The Kier molecular flexibility index (Phi) is 2.95. The normalized spacial score (nSPS) is 14.2. The molecular weight excluding hydrogens is 246 g/mol. The van der Waals surface area contributed by atoms with Gasteiger partial charge >= 0.3 is 0 Å². The lowest BCUT2D eigenvalue weighted by atomic mass is 10.1. The highest BCUT2D eigenvalue weighted by Gasteiger charge is 2.29. The summed E-state index contributed by atoms with van der Waals surface area (Å²) in [6.07, 6.45) is 0. The highest BCUT2D eigenvalue weighted by atomic mass is 35.5. The molecule has 0 fully saturated rings. The van der Waals surface area contributed by atoms with Gasteiger partial charge in [0.15, 0.2) is 0 Å². The standard InChI is InChI=1S/C11H10ClNO2S/c1-5(2)16-9-4-8-6(3-7(9)12)10(14)11(15)13-8/h3-5H,1-2H3,(H,13,14,15). The Morgan fingerprint density at radius 3 is 2.62 bits per heavy atom. The van der Waals surface area contributed by atoms with Crippen LogP contribution in [-0.2, 0) is 4.79 Å². The Morgan fingerprint density at radius 1 is 1.31 bits per heavy atom. The van der Waals surface area contributed by atoms with E-state index in [1.165, 1.54) is 0 Å². The summed E-state index contributed by atoms with van der Waals surface area (Å²) in [7, 11) is 0. The van der Waals surface area contributed by atoms with Crippen molar-refractivity contribution < 1.29 is 9.59 Å². The average Bonchev–Trinajstić information content (AvgIpc) is 2.44. The highest BCUT2D eigenvalue weighted by molar-refractivity contribution is 8.00. The number of thioether (sulfide) groups is 1. The van der Waals surface area contributed by atoms with Crippen LogP contribution in [0.5, 0.6) is 0 Å². The third kappa shape index (κ3) is 1.95. The van der Waals surface area contributed by atoms with E-state index >= 15 is 0 Å². The van der Waals surface area contributed by atoms with Gasteiger partial charge in [-0.05, 0) is 12.1 Å². The van der Waals surface area contributed by atoms with Gasteiger partial charge in [-0.2, -0.15) is 0 Å². The van der Waals surface area contributed by atoms with Crippen molar-refractivity contribution in [2.75, 3.05) is 5.32 Å². The van der Waals surface area contributed by atoms with Crippen LogP contribution in [0.1, 0.15) is 24.2 Å². The molecule has 1 aromatic carbocycles. The Hall–Kier alpha value is -1.00. The third-order valence-corrected chi connectivity index (χ3v) is 3.62. The van der Waals surface area contributed by atoms with Crippen molar-refractivity contribution in [2.45, 2.75) is 24.0 Å². The molecule has 1 aromatic rings. The molecule has 3 nitrogen and oxygen atoms in total. The van der Waals surface area contributed by atoms with E-state index in [1.54, 1.807) is 23.9 Å². The number of carbonyl (C=O) groups is 2. The van der Waals surface area contributed by atoms with Crippen LogP contribution < -0.4 is 5.32 Å². The second-order valence-electron chi connectivity index (χ2n) is 3.78. The van der Waals surface area contributed by atoms with Crippen molar-refractivity contribution in [1.29, 1.82) is 0 Å². The number of hydrogen-bond acceptors (Lipinski definition) is 3. The summed E-state index contributed by atoms with van der Waals surface area (Å²) in [4.78, 5) is 23.5. The van der Waals surface area contributed by atoms with Gasteiger partial charge in [0.1, 0.15) is 0 Å². The summed E-state index contributed by atoms with van der Waals surface area (Å²) in [5, 5.41) is 3.44. The first-order valence-corrected chi connectivity index (χ1v) is 6.10. The average molecular weight is 256 g/mol. The summed E-state index contributed by atoms with van der Waals surface area (Å²) in [5.41, 5.74) is 0.922. The topological polar surface area (TPSA) is 46.2 Å². The molecule has 1 N–H and O–H groups in total. The minimum Gasteiger partial charge on any atom is -0.318 e. The summed E-state index contributed by atoms with van der Waals surface area (Å²) in [6.45, 7) is 4.11. The van der Waals surface area contributed by atoms with Gasteiger partial charge < -0.3 is 5.32 Å². The zero-order chi connectivity index (χ0) is 11.9. The van der Waals surface area contributed by atoms with Gasteiger partial charge in [0.25, 0.3) is 11.7 Å². The Labute approximate surface area is 103 Å². The minimum absolute atomic E-state index is 0.364. The van der Waals surface area contributed by atoms with E-state index in [1.807, 2.05) is 0 Å². The molecule has 84 valence electrons. The van der Waals surface area contributed by atoms with Crippen molar-refractivity contribution in [2.24, 2.45) is 0 Å². The third-order valence-electron chi connectivity index (χ3n) is 2.13.